The van der Waals surface area contributed by atoms with Crippen molar-refractivity contribution in [2.75, 3.05) is 0 Å². The Kier molecular flexibility index (Phi) is 4.52. The average molecular weight is 239 g/mol. The van der Waals surface area contributed by atoms with Crippen LogP contribution in [0, 0.1) is 22.7 Å². The van der Waals surface area contributed by atoms with Gasteiger partial charge in [-0.1, -0.05) is 45.0 Å². The summed E-state index contributed by atoms with van der Waals surface area (Å²) in [5.74, 6) is 0. The van der Waals surface area contributed by atoms with Gasteiger partial charge in [0, 0.05) is 12.7 Å². The van der Waals surface area contributed by atoms with E-state index in [0.717, 1.165) is 5.56 Å². The Morgan fingerprint density at radius 3 is 2.17 bits per heavy atom. The van der Waals surface area contributed by atoms with E-state index in [1.165, 1.54) is 11.8 Å². The summed E-state index contributed by atoms with van der Waals surface area (Å²) in [6, 6.07) is 11.9. The van der Waals surface area contributed by atoms with Crippen LogP contribution in [0.15, 0.2) is 36.0 Å². The molecule has 0 atom stereocenters. The lowest BCUT2D eigenvalue weighted by molar-refractivity contribution is 0.590. The number of rotatable bonds is 3. The van der Waals surface area contributed by atoms with Crippen LogP contribution in [0.1, 0.15) is 31.9 Å². The highest BCUT2D eigenvalue weighted by atomic mass is 14.8. The van der Waals surface area contributed by atoms with Crippen LogP contribution in [0.3, 0.4) is 0 Å². The Morgan fingerprint density at radius 2 is 1.72 bits per heavy atom. The van der Waals surface area contributed by atoms with E-state index in [0.29, 0.717) is 6.54 Å². The van der Waals surface area contributed by atoms with E-state index in [2.05, 4.69) is 50.4 Å². The molecule has 3 nitrogen and oxygen atoms in total. The Hall–Kier alpha value is -2.26. The number of nitriles is 2. The van der Waals surface area contributed by atoms with E-state index in [4.69, 9.17) is 10.5 Å². The zero-order valence-corrected chi connectivity index (χ0v) is 11.0. The van der Waals surface area contributed by atoms with Crippen molar-refractivity contribution < 1.29 is 0 Å². The fourth-order valence-electron chi connectivity index (χ4n) is 1.48. The molecule has 0 fully saturated rings. The van der Waals surface area contributed by atoms with Crippen LogP contribution in [-0.4, -0.2) is 0 Å². The minimum atomic E-state index is 0.0845. The first-order valence-corrected chi connectivity index (χ1v) is 5.80. The highest BCUT2D eigenvalue weighted by Crippen LogP contribution is 2.22. The monoisotopic (exact) mass is 239 g/mol. The number of hydrogen-bond donors (Lipinski definition) is 1. The van der Waals surface area contributed by atoms with E-state index >= 15 is 0 Å². The van der Waals surface area contributed by atoms with Gasteiger partial charge in [-0.05, 0) is 16.5 Å². The molecular weight excluding hydrogens is 222 g/mol. The van der Waals surface area contributed by atoms with Crippen molar-refractivity contribution in [1.29, 1.82) is 10.5 Å². The lowest BCUT2D eigenvalue weighted by Gasteiger charge is -2.19. The zero-order chi connectivity index (χ0) is 13.6. The summed E-state index contributed by atoms with van der Waals surface area (Å²) in [7, 11) is 0. The van der Waals surface area contributed by atoms with Gasteiger partial charge in [0.1, 0.15) is 17.7 Å². The highest BCUT2D eigenvalue weighted by molar-refractivity contribution is 5.34. The summed E-state index contributed by atoms with van der Waals surface area (Å²) in [4.78, 5) is 0. The Labute approximate surface area is 108 Å². The molecule has 3 heteroatoms. The van der Waals surface area contributed by atoms with E-state index in [9.17, 15) is 0 Å². The molecule has 1 N–H and O–H groups in total. The third kappa shape index (κ3) is 3.96. The molecule has 1 aromatic carbocycles. The summed E-state index contributed by atoms with van der Waals surface area (Å²) in [6.45, 7) is 7.14. The number of benzene rings is 1. The van der Waals surface area contributed by atoms with Gasteiger partial charge >= 0.3 is 0 Å². The molecule has 0 aromatic heterocycles. The predicted octanol–water partition coefficient (Wildman–Crippen LogP) is 3.00. The fourth-order valence-corrected chi connectivity index (χ4v) is 1.48. The van der Waals surface area contributed by atoms with Gasteiger partial charge < -0.3 is 5.32 Å². The summed E-state index contributed by atoms with van der Waals surface area (Å²) in [5.41, 5.74) is 2.65. The van der Waals surface area contributed by atoms with Crippen molar-refractivity contribution in [3.63, 3.8) is 0 Å². The average Bonchev–Trinajstić information content (AvgIpc) is 2.34. The lowest BCUT2D eigenvalue weighted by atomic mass is 9.87. The first kappa shape index (κ1) is 13.8. The smallest absolute Gasteiger partial charge is 0.145 e. The van der Waals surface area contributed by atoms with E-state index in [1.54, 1.807) is 12.1 Å². The highest BCUT2D eigenvalue weighted by Gasteiger charge is 2.12. The molecule has 0 aliphatic carbocycles. The first-order chi connectivity index (χ1) is 8.47. The predicted molar refractivity (Wildman–Crippen MR) is 71.3 cm³/mol. The van der Waals surface area contributed by atoms with Gasteiger partial charge in [-0.15, -0.1) is 0 Å². The summed E-state index contributed by atoms with van der Waals surface area (Å²) < 4.78 is 0. The van der Waals surface area contributed by atoms with Gasteiger partial charge in [-0.25, -0.2) is 0 Å². The first-order valence-electron chi connectivity index (χ1n) is 5.80. The molecule has 0 radical (unpaired) electrons. The summed E-state index contributed by atoms with van der Waals surface area (Å²) >= 11 is 0. The number of nitrogens with zero attached hydrogens (tertiary/aromatic N) is 2. The molecule has 0 heterocycles. The molecule has 0 aliphatic heterocycles. The molecule has 0 saturated heterocycles. The molecule has 0 amide bonds. The normalized spacial score (nSPS) is 10.1. The second kappa shape index (κ2) is 5.89. The quantitative estimate of drug-likeness (QED) is 0.825. The van der Waals surface area contributed by atoms with Crippen molar-refractivity contribution in [3.05, 3.63) is 47.2 Å². The van der Waals surface area contributed by atoms with E-state index in [1.807, 2.05) is 0 Å². The molecule has 0 bridgehead atoms. The molecule has 1 aromatic rings. The van der Waals surface area contributed by atoms with Gasteiger partial charge in [0.05, 0.1) is 0 Å². The standard InChI is InChI=1S/C15H17N3/c1-15(2,3)14-6-4-12(5-7-14)10-18-11-13(8-16)9-17/h4-7,11,18H,10H2,1-3H3. The third-order valence-corrected chi connectivity index (χ3v) is 2.61. The van der Waals surface area contributed by atoms with Gasteiger partial charge in [-0.2, -0.15) is 10.5 Å². The number of nitrogens with one attached hydrogen (secondary N) is 1. The van der Waals surface area contributed by atoms with Crippen molar-refractivity contribution in [3.8, 4) is 12.1 Å². The maximum Gasteiger partial charge on any atom is 0.145 e. The molecule has 0 aliphatic rings. The largest absolute Gasteiger partial charge is 0.385 e. The fraction of sp³-hybridized carbons (Fsp3) is 0.333. The maximum atomic E-state index is 8.57. The SMILES string of the molecule is CC(C)(C)c1ccc(CNC=C(C#N)C#N)cc1. The summed E-state index contributed by atoms with van der Waals surface area (Å²) in [5, 5.41) is 20.1. The molecule has 0 unspecified atom stereocenters. The topological polar surface area (TPSA) is 59.6 Å². The maximum absolute atomic E-state index is 8.57. The number of allylic oxidation sites excluding steroid dienone is 1. The van der Waals surface area contributed by atoms with Crippen LogP contribution in [-0.2, 0) is 12.0 Å². The van der Waals surface area contributed by atoms with Crippen LogP contribution in [0.5, 0.6) is 0 Å². The second-order valence-electron chi connectivity index (χ2n) is 5.11. The van der Waals surface area contributed by atoms with Gasteiger partial charge in [0.2, 0.25) is 0 Å². The number of hydrogen-bond acceptors (Lipinski definition) is 3. The Bertz CT molecular complexity index is 489. The Morgan fingerprint density at radius 1 is 1.17 bits per heavy atom. The van der Waals surface area contributed by atoms with Crippen molar-refractivity contribution in [2.45, 2.75) is 32.7 Å². The van der Waals surface area contributed by atoms with Crippen LogP contribution >= 0.6 is 0 Å². The molecule has 92 valence electrons. The van der Waals surface area contributed by atoms with Crippen molar-refractivity contribution in [2.24, 2.45) is 0 Å². The van der Waals surface area contributed by atoms with Crippen LogP contribution in [0.25, 0.3) is 0 Å². The van der Waals surface area contributed by atoms with Crippen LogP contribution in [0.4, 0.5) is 0 Å². The van der Waals surface area contributed by atoms with Gasteiger partial charge in [0.15, 0.2) is 0 Å². The molecule has 1 rings (SSSR count). The molecule has 18 heavy (non-hydrogen) atoms. The second-order valence-corrected chi connectivity index (χ2v) is 5.11. The molecular formula is C15H17N3. The van der Waals surface area contributed by atoms with Crippen molar-refractivity contribution in [1.82, 2.24) is 5.32 Å². The van der Waals surface area contributed by atoms with Gasteiger partial charge in [0.25, 0.3) is 0 Å². The minimum Gasteiger partial charge on any atom is -0.385 e. The molecule has 0 saturated carbocycles. The lowest BCUT2D eigenvalue weighted by Crippen LogP contribution is -2.11. The van der Waals surface area contributed by atoms with Crippen LogP contribution < -0.4 is 5.32 Å². The van der Waals surface area contributed by atoms with Crippen molar-refractivity contribution >= 4 is 0 Å². The van der Waals surface area contributed by atoms with E-state index in [-0.39, 0.29) is 11.0 Å². The minimum absolute atomic E-state index is 0.0845. The zero-order valence-electron chi connectivity index (χ0n) is 11.0. The van der Waals surface area contributed by atoms with Crippen LogP contribution in [0.2, 0.25) is 0 Å². The summed E-state index contributed by atoms with van der Waals surface area (Å²) in [6.07, 6.45) is 1.44. The molecule has 0 spiro atoms. The van der Waals surface area contributed by atoms with E-state index < -0.39 is 0 Å². The third-order valence-electron chi connectivity index (χ3n) is 2.61. The Balaban J connectivity index is 2.64. The van der Waals surface area contributed by atoms with Gasteiger partial charge in [-0.3, -0.25) is 0 Å².